The van der Waals surface area contributed by atoms with Gasteiger partial charge in [0.1, 0.15) is 19.7 Å². The maximum atomic E-state index is 13.3. The van der Waals surface area contributed by atoms with Gasteiger partial charge in [-0.15, -0.1) is 0 Å². The molecule has 9 nitrogen and oxygen atoms in total. The largest absolute Gasteiger partial charge is 0.449 e. The Labute approximate surface area is 269 Å². The monoisotopic (exact) mass is 720 g/mol. The molecule has 268 valence electrons. The first-order chi connectivity index (χ1) is 22.5. The molecule has 0 fully saturated rings. The molecule has 0 unspecified atom stereocenters. The Morgan fingerprint density at radius 3 is 1.45 bits per heavy atom. The van der Waals surface area contributed by atoms with Gasteiger partial charge < -0.3 is 25.2 Å². The second-order valence-corrected chi connectivity index (χ2v) is 9.92. The standard InChI is InChI=1S/C28H24F12N6O3/c29-25(30,31)15-45(19-3-1-17(13-41)21(11-19)27(35,36)37)8-6-43-23(47)5-10-49-24(48)44-7-9-46(16-26(32,33)34)20-4-2-18(14-42)22(12-20)28(38,39)40/h1-4,11-12H,5-10,15-16H2,(H,43,47)(H,44,48). The van der Waals surface area contributed by atoms with Crippen molar-refractivity contribution >= 4 is 23.4 Å². The predicted molar refractivity (Wildman–Crippen MR) is 146 cm³/mol. The molecule has 0 atom stereocenters. The van der Waals surface area contributed by atoms with Crippen molar-refractivity contribution in [3.63, 3.8) is 0 Å². The summed E-state index contributed by atoms with van der Waals surface area (Å²) in [5, 5.41) is 22.0. The van der Waals surface area contributed by atoms with E-state index in [1.807, 2.05) is 5.32 Å². The van der Waals surface area contributed by atoms with Gasteiger partial charge >= 0.3 is 30.8 Å². The Balaban J connectivity index is 1.92. The molecular formula is C28H24F12N6O3. The molecule has 0 heterocycles. The highest BCUT2D eigenvalue weighted by atomic mass is 19.4. The zero-order valence-corrected chi connectivity index (χ0v) is 24.7. The van der Waals surface area contributed by atoms with Crippen LogP contribution < -0.4 is 20.4 Å². The number of amides is 2. The van der Waals surface area contributed by atoms with Crippen LogP contribution in [-0.2, 0) is 21.9 Å². The van der Waals surface area contributed by atoms with Gasteiger partial charge in [0.25, 0.3) is 0 Å². The number of carbonyl (C=O) groups excluding carboxylic acids is 2. The maximum Gasteiger partial charge on any atom is 0.417 e. The van der Waals surface area contributed by atoms with Crippen LogP contribution in [0.4, 0.5) is 68.9 Å². The number of halogens is 12. The number of alkyl halides is 12. The van der Waals surface area contributed by atoms with E-state index in [1.54, 1.807) is 0 Å². The number of rotatable bonds is 13. The number of carbonyl (C=O) groups is 2. The number of benzene rings is 2. The van der Waals surface area contributed by atoms with Gasteiger partial charge in [-0.1, -0.05) is 0 Å². The molecule has 0 saturated carbocycles. The third-order valence-corrected chi connectivity index (χ3v) is 6.25. The fraction of sp³-hybridized carbons (Fsp3) is 0.429. The molecule has 2 aromatic carbocycles. The van der Waals surface area contributed by atoms with Gasteiger partial charge in [0.15, 0.2) is 0 Å². The van der Waals surface area contributed by atoms with E-state index >= 15 is 0 Å². The van der Waals surface area contributed by atoms with E-state index in [4.69, 9.17) is 15.3 Å². The van der Waals surface area contributed by atoms with Crippen LogP contribution in [0.3, 0.4) is 0 Å². The summed E-state index contributed by atoms with van der Waals surface area (Å²) >= 11 is 0. The minimum absolute atomic E-state index is 0.355. The van der Waals surface area contributed by atoms with E-state index in [2.05, 4.69) is 5.32 Å². The van der Waals surface area contributed by atoms with Crippen LogP contribution >= 0.6 is 0 Å². The van der Waals surface area contributed by atoms with Crippen molar-refractivity contribution in [2.45, 2.75) is 31.1 Å². The van der Waals surface area contributed by atoms with Gasteiger partial charge in [0.05, 0.1) is 40.8 Å². The minimum atomic E-state index is -5.05. The summed E-state index contributed by atoms with van der Waals surface area (Å²) in [4.78, 5) is 25.0. The lowest BCUT2D eigenvalue weighted by molar-refractivity contribution is -0.138. The summed E-state index contributed by atoms with van der Waals surface area (Å²) in [6.07, 6.45) is -21.6. The van der Waals surface area contributed by atoms with Crippen LogP contribution in [0.1, 0.15) is 28.7 Å². The van der Waals surface area contributed by atoms with Gasteiger partial charge in [0, 0.05) is 37.6 Å². The molecule has 2 aromatic rings. The van der Waals surface area contributed by atoms with Crippen LogP contribution in [0.5, 0.6) is 0 Å². The van der Waals surface area contributed by atoms with E-state index in [1.165, 1.54) is 12.1 Å². The van der Waals surface area contributed by atoms with Gasteiger partial charge in [-0.3, -0.25) is 4.79 Å². The zero-order chi connectivity index (χ0) is 37.2. The highest BCUT2D eigenvalue weighted by Gasteiger charge is 2.37. The van der Waals surface area contributed by atoms with E-state index < -0.39 is 123 Å². The molecule has 0 spiro atoms. The van der Waals surface area contributed by atoms with E-state index in [0.717, 1.165) is 12.1 Å². The first-order valence-corrected chi connectivity index (χ1v) is 13.6. The van der Waals surface area contributed by atoms with Crippen molar-refractivity contribution in [1.82, 2.24) is 10.6 Å². The maximum absolute atomic E-state index is 13.3. The summed E-state index contributed by atoms with van der Waals surface area (Å²) in [5.74, 6) is -0.867. The summed E-state index contributed by atoms with van der Waals surface area (Å²) < 4.78 is 163. The zero-order valence-electron chi connectivity index (χ0n) is 24.7. The second-order valence-electron chi connectivity index (χ2n) is 9.92. The number of nitriles is 2. The third-order valence-electron chi connectivity index (χ3n) is 6.25. The molecular weight excluding hydrogens is 696 g/mol. The molecule has 2 rings (SSSR count). The Kier molecular flexibility index (Phi) is 13.4. The second kappa shape index (κ2) is 16.3. The molecule has 0 aliphatic heterocycles. The Morgan fingerprint density at radius 2 is 1.08 bits per heavy atom. The Hall–Kier alpha value is -5.08. The van der Waals surface area contributed by atoms with Crippen molar-refractivity contribution in [2.75, 3.05) is 55.7 Å². The van der Waals surface area contributed by atoms with Crippen LogP contribution in [0, 0.1) is 22.7 Å². The van der Waals surface area contributed by atoms with Gasteiger partial charge in [0.2, 0.25) is 5.91 Å². The van der Waals surface area contributed by atoms with E-state index in [-0.39, 0.29) is 0 Å². The summed E-state index contributed by atoms with van der Waals surface area (Å²) in [5.41, 5.74) is -5.65. The molecule has 0 saturated heterocycles. The first-order valence-electron chi connectivity index (χ1n) is 13.6. The number of ether oxygens (including phenoxy) is 1. The molecule has 0 radical (unpaired) electrons. The van der Waals surface area contributed by atoms with E-state index in [9.17, 15) is 62.3 Å². The van der Waals surface area contributed by atoms with Crippen molar-refractivity contribution < 1.29 is 67.0 Å². The smallest absolute Gasteiger partial charge is 0.417 e. The lowest BCUT2D eigenvalue weighted by Crippen LogP contribution is -2.41. The first kappa shape index (κ1) is 40.1. The van der Waals surface area contributed by atoms with Crippen LogP contribution in [-0.4, -0.2) is 70.2 Å². The average Bonchev–Trinajstić information content (AvgIpc) is 2.97. The van der Waals surface area contributed by atoms with Gasteiger partial charge in [-0.2, -0.15) is 63.2 Å². The lowest BCUT2D eigenvalue weighted by Gasteiger charge is -2.27. The molecule has 0 aromatic heterocycles. The number of nitrogens with one attached hydrogen (secondary N) is 2. The molecule has 2 N–H and O–H groups in total. The average molecular weight is 721 g/mol. The number of hydrogen-bond acceptors (Lipinski definition) is 7. The van der Waals surface area contributed by atoms with Crippen LogP contribution in [0.25, 0.3) is 0 Å². The predicted octanol–water partition coefficient (Wildman–Crippen LogP) is 6.14. The topological polar surface area (TPSA) is 121 Å². The summed E-state index contributed by atoms with van der Waals surface area (Å²) in [7, 11) is 0. The normalized spacial score (nSPS) is 12.0. The number of nitrogens with zero attached hydrogens (tertiary/aromatic N) is 4. The Morgan fingerprint density at radius 1 is 0.673 bits per heavy atom. The third kappa shape index (κ3) is 13.5. The molecule has 49 heavy (non-hydrogen) atoms. The van der Waals surface area contributed by atoms with Crippen LogP contribution in [0.2, 0.25) is 0 Å². The molecule has 2 amide bonds. The molecule has 0 aliphatic rings. The number of anilines is 2. The quantitative estimate of drug-likeness (QED) is 0.239. The SMILES string of the molecule is N#Cc1ccc(N(CCNC(=O)CCOC(=O)NCCN(CC(F)(F)F)c2ccc(C#N)c(C(F)(F)F)c2)CC(F)(F)F)cc1C(F)(F)F. The molecule has 21 heteroatoms. The Bertz CT molecular complexity index is 1430. The summed E-state index contributed by atoms with van der Waals surface area (Å²) in [6, 6.07) is 6.45. The number of hydrogen-bond donors (Lipinski definition) is 2. The van der Waals surface area contributed by atoms with Gasteiger partial charge in [-0.05, 0) is 36.4 Å². The van der Waals surface area contributed by atoms with E-state index in [0.29, 0.717) is 34.1 Å². The van der Waals surface area contributed by atoms with Crippen molar-refractivity contribution in [3.8, 4) is 12.1 Å². The highest BCUT2D eigenvalue weighted by Crippen LogP contribution is 2.36. The molecule has 0 bridgehead atoms. The van der Waals surface area contributed by atoms with Crippen molar-refractivity contribution in [1.29, 1.82) is 10.5 Å². The summed E-state index contributed by atoms with van der Waals surface area (Å²) in [6.45, 7) is -6.45. The van der Waals surface area contributed by atoms with Gasteiger partial charge in [-0.25, -0.2) is 4.79 Å². The van der Waals surface area contributed by atoms with Crippen molar-refractivity contribution in [2.24, 2.45) is 0 Å². The molecule has 0 aliphatic carbocycles. The lowest BCUT2D eigenvalue weighted by atomic mass is 10.1. The minimum Gasteiger partial charge on any atom is -0.449 e. The van der Waals surface area contributed by atoms with Crippen molar-refractivity contribution in [3.05, 3.63) is 58.7 Å². The fourth-order valence-electron chi connectivity index (χ4n) is 4.15. The fourth-order valence-corrected chi connectivity index (χ4v) is 4.15. The highest BCUT2D eigenvalue weighted by molar-refractivity contribution is 5.76. The van der Waals surface area contributed by atoms with Crippen LogP contribution in [0.15, 0.2) is 36.4 Å². The number of alkyl carbamates (subject to hydrolysis) is 1.